The number of carbonyl (C=O) groups is 1. The summed E-state index contributed by atoms with van der Waals surface area (Å²) in [5, 5.41) is 8.97. The van der Waals surface area contributed by atoms with Gasteiger partial charge < -0.3 is 5.11 Å². The number of allylic oxidation sites excluding steroid dienone is 1. The summed E-state index contributed by atoms with van der Waals surface area (Å²) in [5.74, 6) is 0.941. The highest BCUT2D eigenvalue weighted by Gasteiger charge is 2.15. The maximum Gasteiger partial charge on any atom is 0.335 e. The molecule has 0 saturated carbocycles. The second-order valence-corrected chi connectivity index (χ2v) is 7.54. The van der Waals surface area contributed by atoms with Crippen LogP contribution >= 0.6 is 11.8 Å². The van der Waals surface area contributed by atoms with Gasteiger partial charge in [0, 0.05) is 4.90 Å². The molecule has 3 heteroatoms. The predicted octanol–water partition coefficient (Wildman–Crippen LogP) is 5.93. The van der Waals surface area contributed by atoms with Gasteiger partial charge in [0.2, 0.25) is 0 Å². The second-order valence-electron chi connectivity index (χ2n) is 6.40. The van der Waals surface area contributed by atoms with Gasteiger partial charge in [0.05, 0.1) is 5.56 Å². The Hall–Kier alpha value is -2.00. The Labute approximate surface area is 147 Å². The van der Waals surface area contributed by atoms with Crippen molar-refractivity contribution in [3.8, 4) is 0 Å². The van der Waals surface area contributed by atoms with Crippen molar-refractivity contribution in [2.45, 2.75) is 37.5 Å². The smallest absolute Gasteiger partial charge is 0.335 e. The van der Waals surface area contributed by atoms with Crippen molar-refractivity contribution in [3.05, 3.63) is 64.7 Å². The molecule has 124 valence electrons. The molecular weight excluding hydrogens is 316 g/mol. The van der Waals surface area contributed by atoms with E-state index in [9.17, 15) is 4.79 Å². The van der Waals surface area contributed by atoms with Crippen LogP contribution in [0, 0.1) is 0 Å². The third-order valence-electron chi connectivity index (χ3n) is 4.58. The van der Waals surface area contributed by atoms with Crippen molar-refractivity contribution in [2.75, 3.05) is 5.75 Å². The number of fused-ring (bicyclic) bond motifs is 1. The molecule has 24 heavy (non-hydrogen) atoms. The molecule has 2 nitrogen and oxygen atoms in total. The average Bonchev–Trinajstić information content (AvgIpc) is 2.76. The van der Waals surface area contributed by atoms with Crippen molar-refractivity contribution < 1.29 is 9.90 Å². The number of aromatic carboxylic acids is 1. The fraction of sp³-hybridized carbons (Fsp3) is 0.286. The minimum atomic E-state index is -0.890. The van der Waals surface area contributed by atoms with Crippen molar-refractivity contribution >= 4 is 29.4 Å². The molecule has 0 fully saturated rings. The highest BCUT2D eigenvalue weighted by Crippen LogP contribution is 2.37. The van der Waals surface area contributed by atoms with E-state index in [2.05, 4.69) is 38.1 Å². The normalized spacial score (nSPS) is 17.9. The van der Waals surface area contributed by atoms with E-state index in [0.717, 1.165) is 5.56 Å². The molecule has 1 atom stereocenters. The predicted molar refractivity (Wildman–Crippen MR) is 102 cm³/mol. The molecule has 0 radical (unpaired) electrons. The zero-order valence-corrected chi connectivity index (χ0v) is 14.9. The van der Waals surface area contributed by atoms with Gasteiger partial charge in [-0.2, -0.15) is 0 Å². The molecular formula is C21H22O2S. The zero-order chi connectivity index (χ0) is 17.1. The molecule has 1 heterocycles. The van der Waals surface area contributed by atoms with Crippen molar-refractivity contribution in [2.24, 2.45) is 0 Å². The maximum atomic E-state index is 10.9. The Balaban J connectivity index is 1.88. The number of benzene rings is 2. The van der Waals surface area contributed by atoms with Gasteiger partial charge in [-0.05, 0) is 71.9 Å². The van der Waals surface area contributed by atoms with Crippen LogP contribution in [0.4, 0.5) is 0 Å². The van der Waals surface area contributed by atoms with E-state index >= 15 is 0 Å². The standard InChI is InChI=1S/C21H22O2S/c1-14-4-3-11-24-20-13-18(9-10-19(14)20)15(2)12-16-5-7-17(8-6-16)21(22)23/h5-10,12-14H,3-4,11H2,1-2H3,(H,22,23)/b15-12+. The third kappa shape index (κ3) is 3.73. The van der Waals surface area contributed by atoms with Crippen molar-refractivity contribution in [1.29, 1.82) is 0 Å². The van der Waals surface area contributed by atoms with Crippen LogP contribution in [0.2, 0.25) is 0 Å². The summed E-state index contributed by atoms with van der Waals surface area (Å²) in [6, 6.07) is 13.8. The van der Waals surface area contributed by atoms with Crippen molar-refractivity contribution in [1.82, 2.24) is 0 Å². The summed E-state index contributed by atoms with van der Waals surface area (Å²) < 4.78 is 0. The molecule has 1 N–H and O–H groups in total. The molecule has 0 spiro atoms. The van der Waals surface area contributed by atoms with Crippen LogP contribution in [0.25, 0.3) is 11.6 Å². The third-order valence-corrected chi connectivity index (χ3v) is 5.74. The molecule has 0 aromatic heterocycles. The Morgan fingerprint density at radius 2 is 1.88 bits per heavy atom. The number of hydrogen-bond donors (Lipinski definition) is 1. The minimum Gasteiger partial charge on any atom is -0.478 e. The molecule has 0 saturated heterocycles. The first kappa shape index (κ1) is 16.8. The first-order chi connectivity index (χ1) is 11.5. The molecule has 0 aliphatic carbocycles. The van der Waals surface area contributed by atoms with E-state index in [1.54, 1.807) is 12.1 Å². The second kappa shape index (κ2) is 7.27. The summed E-state index contributed by atoms with van der Waals surface area (Å²) >= 11 is 1.96. The largest absolute Gasteiger partial charge is 0.478 e. The summed E-state index contributed by atoms with van der Waals surface area (Å²) in [6.45, 7) is 4.43. The lowest BCUT2D eigenvalue weighted by Crippen LogP contribution is -1.95. The van der Waals surface area contributed by atoms with E-state index in [0.29, 0.717) is 11.5 Å². The quantitative estimate of drug-likeness (QED) is 0.704. The van der Waals surface area contributed by atoms with E-state index in [4.69, 9.17) is 5.11 Å². The van der Waals surface area contributed by atoms with Crippen LogP contribution in [0.3, 0.4) is 0 Å². The molecule has 0 bridgehead atoms. The topological polar surface area (TPSA) is 37.3 Å². The van der Waals surface area contributed by atoms with Gasteiger partial charge in [-0.25, -0.2) is 4.79 Å². The molecule has 2 aromatic carbocycles. The lowest BCUT2D eigenvalue weighted by atomic mass is 9.94. The Bertz CT molecular complexity index is 775. The fourth-order valence-corrected chi connectivity index (χ4v) is 4.27. The number of carboxylic acid groups (broad SMARTS) is 1. The van der Waals surface area contributed by atoms with E-state index in [-0.39, 0.29) is 0 Å². The first-order valence-electron chi connectivity index (χ1n) is 8.33. The molecule has 3 rings (SSSR count). The van der Waals surface area contributed by atoms with E-state index in [1.165, 1.54) is 40.2 Å². The van der Waals surface area contributed by atoms with Gasteiger partial charge >= 0.3 is 5.97 Å². The minimum absolute atomic E-state index is 0.320. The lowest BCUT2D eigenvalue weighted by molar-refractivity contribution is 0.0697. The monoisotopic (exact) mass is 338 g/mol. The van der Waals surface area contributed by atoms with Crippen LogP contribution in [0.5, 0.6) is 0 Å². The Morgan fingerprint density at radius 1 is 1.17 bits per heavy atom. The SMILES string of the molecule is C/C(=C\c1ccc(C(=O)O)cc1)c1ccc2c(c1)SCCCC2C. The summed E-state index contributed by atoms with van der Waals surface area (Å²) in [5.41, 5.74) is 5.24. The maximum absolute atomic E-state index is 10.9. The van der Waals surface area contributed by atoms with Crippen LogP contribution in [0.1, 0.15) is 59.7 Å². The number of thioether (sulfide) groups is 1. The first-order valence-corrected chi connectivity index (χ1v) is 9.32. The molecule has 1 aliphatic rings. The molecule has 1 unspecified atom stereocenters. The van der Waals surface area contributed by atoms with Gasteiger partial charge in [-0.1, -0.05) is 37.3 Å². The van der Waals surface area contributed by atoms with Crippen LogP contribution in [0.15, 0.2) is 47.4 Å². The van der Waals surface area contributed by atoms with Gasteiger partial charge in [0.1, 0.15) is 0 Å². The summed E-state index contributed by atoms with van der Waals surface area (Å²) in [7, 11) is 0. The number of hydrogen-bond acceptors (Lipinski definition) is 2. The Kier molecular flexibility index (Phi) is 5.10. The number of rotatable bonds is 3. The van der Waals surface area contributed by atoms with Crippen LogP contribution < -0.4 is 0 Å². The van der Waals surface area contributed by atoms with E-state index < -0.39 is 5.97 Å². The summed E-state index contributed by atoms with van der Waals surface area (Å²) in [6.07, 6.45) is 4.66. The average molecular weight is 338 g/mol. The van der Waals surface area contributed by atoms with E-state index in [1.807, 2.05) is 23.9 Å². The van der Waals surface area contributed by atoms with Gasteiger partial charge in [0.15, 0.2) is 0 Å². The van der Waals surface area contributed by atoms with Crippen LogP contribution in [-0.4, -0.2) is 16.8 Å². The molecule has 2 aromatic rings. The van der Waals surface area contributed by atoms with Gasteiger partial charge in [-0.15, -0.1) is 11.8 Å². The highest BCUT2D eigenvalue weighted by atomic mass is 32.2. The lowest BCUT2D eigenvalue weighted by Gasteiger charge is -2.13. The van der Waals surface area contributed by atoms with Gasteiger partial charge in [0.25, 0.3) is 0 Å². The molecule has 1 aliphatic heterocycles. The zero-order valence-electron chi connectivity index (χ0n) is 14.1. The summed E-state index contributed by atoms with van der Waals surface area (Å²) in [4.78, 5) is 12.3. The fourth-order valence-electron chi connectivity index (χ4n) is 3.09. The highest BCUT2D eigenvalue weighted by molar-refractivity contribution is 7.99. The van der Waals surface area contributed by atoms with Crippen molar-refractivity contribution in [3.63, 3.8) is 0 Å². The Morgan fingerprint density at radius 3 is 2.58 bits per heavy atom. The van der Waals surface area contributed by atoms with Crippen LogP contribution in [-0.2, 0) is 0 Å². The van der Waals surface area contributed by atoms with Gasteiger partial charge in [-0.3, -0.25) is 0 Å². The molecule has 0 amide bonds. The number of carboxylic acids is 1.